The number of aromatic nitrogens is 2. The lowest BCUT2D eigenvalue weighted by Crippen LogP contribution is -2.20. The smallest absolute Gasteiger partial charge is 0.289 e. The molecule has 1 aliphatic rings. The van der Waals surface area contributed by atoms with Gasteiger partial charge in [0.2, 0.25) is 0 Å². The van der Waals surface area contributed by atoms with Gasteiger partial charge >= 0.3 is 0 Å². The highest BCUT2D eigenvalue weighted by Crippen LogP contribution is 2.33. The molecule has 5 rings (SSSR count). The van der Waals surface area contributed by atoms with Crippen LogP contribution in [0.3, 0.4) is 0 Å². The van der Waals surface area contributed by atoms with Gasteiger partial charge in [0.25, 0.3) is 5.91 Å². The molecule has 2 N–H and O–H groups in total. The molecule has 0 bridgehead atoms. The van der Waals surface area contributed by atoms with Crippen LogP contribution in [0.1, 0.15) is 42.6 Å². The summed E-state index contributed by atoms with van der Waals surface area (Å²) in [6.07, 6.45) is 7.95. The Morgan fingerprint density at radius 2 is 1.82 bits per heavy atom. The minimum atomic E-state index is -0.291. The third kappa shape index (κ3) is 4.33. The molecule has 2 aromatic carbocycles. The molecule has 0 radical (unpaired) electrons. The van der Waals surface area contributed by atoms with Crippen LogP contribution in [-0.4, -0.2) is 36.2 Å². The summed E-state index contributed by atoms with van der Waals surface area (Å²) in [5.74, 6) is 0.161. The summed E-state index contributed by atoms with van der Waals surface area (Å²) >= 11 is 0. The lowest BCUT2D eigenvalue weighted by atomic mass is 9.90. The van der Waals surface area contributed by atoms with Gasteiger partial charge in [-0.1, -0.05) is 49.6 Å². The summed E-state index contributed by atoms with van der Waals surface area (Å²) in [5, 5.41) is 6.31. The van der Waals surface area contributed by atoms with E-state index in [2.05, 4.69) is 38.6 Å². The fourth-order valence-corrected chi connectivity index (χ4v) is 4.63. The predicted molar refractivity (Wildman–Crippen MR) is 136 cm³/mol. The van der Waals surface area contributed by atoms with Crippen LogP contribution in [0.5, 0.6) is 0 Å². The number of fused-ring (bicyclic) bond motifs is 3. The zero-order valence-corrected chi connectivity index (χ0v) is 19.1. The molecule has 2 heterocycles. The molecule has 168 valence electrons. The number of anilines is 1. The second-order valence-corrected chi connectivity index (χ2v) is 9.01. The van der Waals surface area contributed by atoms with Gasteiger partial charge in [-0.25, -0.2) is 10.4 Å². The zero-order valence-electron chi connectivity index (χ0n) is 19.1. The predicted octanol–water partition coefficient (Wildman–Crippen LogP) is 5.75. The van der Waals surface area contributed by atoms with Crippen LogP contribution in [0.15, 0.2) is 59.7 Å². The van der Waals surface area contributed by atoms with Gasteiger partial charge in [-0.3, -0.25) is 4.79 Å². The van der Waals surface area contributed by atoms with Crippen molar-refractivity contribution >= 4 is 39.6 Å². The normalized spacial score (nSPS) is 14.8. The number of aromatic amines is 1. The van der Waals surface area contributed by atoms with Crippen LogP contribution >= 0.6 is 0 Å². The van der Waals surface area contributed by atoms with Crippen molar-refractivity contribution in [2.24, 2.45) is 11.0 Å². The largest absolute Gasteiger partial charge is 0.378 e. The van der Waals surface area contributed by atoms with Crippen LogP contribution in [0.4, 0.5) is 5.69 Å². The van der Waals surface area contributed by atoms with Gasteiger partial charge in [0.05, 0.1) is 11.2 Å². The minimum Gasteiger partial charge on any atom is -0.378 e. The van der Waals surface area contributed by atoms with Crippen molar-refractivity contribution in [3.05, 3.63) is 60.3 Å². The minimum absolute atomic E-state index is 0.291. The van der Waals surface area contributed by atoms with Crippen LogP contribution in [-0.2, 0) is 0 Å². The SMILES string of the molecule is CN(C)c1ccc(-c2nc(C(=O)N/N=C/C3CCCCC3)cc3c2[nH]c2ccccc23)cc1. The summed E-state index contributed by atoms with van der Waals surface area (Å²) in [5.41, 5.74) is 7.84. The van der Waals surface area contributed by atoms with Crippen LogP contribution in [0.25, 0.3) is 33.1 Å². The van der Waals surface area contributed by atoms with Crippen molar-refractivity contribution in [1.82, 2.24) is 15.4 Å². The van der Waals surface area contributed by atoms with Gasteiger partial charge < -0.3 is 9.88 Å². The van der Waals surface area contributed by atoms with E-state index in [1.54, 1.807) is 0 Å². The van der Waals surface area contributed by atoms with Crippen LogP contribution in [0, 0.1) is 5.92 Å². The molecule has 0 aliphatic heterocycles. The van der Waals surface area contributed by atoms with E-state index >= 15 is 0 Å². The molecular weight excluding hydrogens is 410 g/mol. The molecule has 6 nitrogen and oxygen atoms in total. The summed E-state index contributed by atoms with van der Waals surface area (Å²) in [6, 6.07) is 18.2. The average Bonchev–Trinajstić information content (AvgIpc) is 3.23. The lowest BCUT2D eigenvalue weighted by Gasteiger charge is -2.16. The number of H-pyrrole nitrogens is 1. The quantitative estimate of drug-likeness (QED) is 0.307. The molecule has 0 saturated heterocycles. The maximum Gasteiger partial charge on any atom is 0.289 e. The van der Waals surface area contributed by atoms with E-state index in [1.807, 2.05) is 56.7 Å². The standard InChI is InChI=1S/C27H29N5O/c1-32(2)20-14-12-19(13-15-20)25-26-22(21-10-6-7-11-23(21)29-26)16-24(30-25)27(33)31-28-17-18-8-4-3-5-9-18/h6-7,10-18,29H,3-5,8-9H2,1-2H3,(H,31,33)/b28-17+. The fourth-order valence-electron chi connectivity index (χ4n) is 4.63. The molecule has 0 unspecified atom stereocenters. The Bertz CT molecular complexity index is 1310. The van der Waals surface area contributed by atoms with Gasteiger partial charge in [-0.05, 0) is 43.0 Å². The van der Waals surface area contributed by atoms with Crippen LogP contribution < -0.4 is 10.3 Å². The van der Waals surface area contributed by atoms with Crippen molar-refractivity contribution in [3.63, 3.8) is 0 Å². The Kier molecular flexibility index (Phi) is 5.82. The van der Waals surface area contributed by atoms with E-state index in [1.165, 1.54) is 19.3 Å². The fraction of sp³-hybridized carbons (Fsp3) is 0.296. The Balaban J connectivity index is 1.54. The van der Waals surface area contributed by atoms with Gasteiger partial charge in [0, 0.05) is 47.8 Å². The number of carbonyl (C=O) groups excluding carboxylic acids is 1. The van der Waals surface area contributed by atoms with Crippen molar-refractivity contribution in [3.8, 4) is 11.3 Å². The molecule has 2 aromatic heterocycles. The zero-order chi connectivity index (χ0) is 22.8. The molecule has 0 spiro atoms. The van der Waals surface area contributed by atoms with Gasteiger partial charge in [-0.15, -0.1) is 0 Å². The molecule has 6 heteroatoms. The highest BCUT2D eigenvalue weighted by atomic mass is 16.2. The molecular formula is C27H29N5O. The topological polar surface area (TPSA) is 73.4 Å². The van der Waals surface area contributed by atoms with Crippen LogP contribution in [0.2, 0.25) is 0 Å². The number of hydrazone groups is 1. The Morgan fingerprint density at radius 1 is 1.06 bits per heavy atom. The van der Waals surface area contributed by atoms with E-state index in [-0.39, 0.29) is 5.91 Å². The van der Waals surface area contributed by atoms with Crippen molar-refractivity contribution < 1.29 is 4.79 Å². The monoisotopic (exact) mass is 439 g/mol. The first-order chi connectivity index (χ1) is 16.1. The molecule has 0 atom stereocenters. The number of carbonyl (C=O) groups is 1. The summed E-state index contributed by atoms with van der Waals surface area (Å²) in [4.78, 5) is 23.3. The number of para-hydroxylation sites is 1. The molecule has 1 saturated carbocycles. The number of nitrogens with zero attached hydrogens (tertiary/aromatic N) is 3. The van der Waals surface area contributed by atoms with E-state index in [0.717, 1.165) is 51.6 Å². The highest BCUT2D eigenvalue weighted by Gasteiger charge is 2.17. The number of benzene rings is 2. The van der Waals surface area contributed by atoms with Gasteiger partial charge in [0.15, 0.2) is 0 Å². The third-order valence-corrected chi connectivity index (χ3v) is 6.49. The van der Waals surface area contributed by atoms with Crippen molar-refractivity contribution in [1.29, 1.82) is 0 Å². The van der Waals surface area contributed by atoms with Gasteiger partial charge in [0.1, 0.15) is 5.69 Å². The first kappa shape index (κ1) is 21.2. The number of amides is 1. The van der Waals surface area contributed by atoms with Crippen molar-refractivity contribution in [2.75, 3.05) is 19.0 Å². The Morgan fingerprint density at radius 3 is 2.58 bits per heavy atom. The molecule has 4 aromatic rings. The summed E-state index contributed by atoms with van der Waals surface area (Å²) in [7, 11) is 4.03. The molecule has 1 fully saturated rings. The lowest BCUT2D eigenvalue weighted by molar-refractivity contribution is 0.0950. The Labute approximate surface area is 193 Å². The highest BCUT2D eigenvalue weighted by molar-refractivity contribution is 6.13. The van der Waals surface area contributed by atoms with E-state index in [0.29, 0.717) is 11.6 Å². The van der Waals surface area contributed by atoms with Gasteiger partial charge in [-0.2, -0.15) is 5.10 Å². The number of nitrogens with one attached hydrogen (secondary N) is 2. The molecule has 33 heavy (non-hydrogen) atoms. The van der Waals surface area contributed by atoms with E-state index in [9.17, 15) is 4.79 Å². The van der Waals surface area contributed by atoms with E-state index < -0.39 is 0 Å². The number of hydrogen-bond acceptors (Lipinski definition) is 4. The Hall–Kier alpha value is -3.67. The maximum atomic E-state index is 13.0. The first-order valence-corrected chi connectivity index (χ1v) is 11.6. The first-order valence-electron chi connectivity index (χ1n) is 11.6. The number of pyridine rings is 1. The number of hydrogen-bond donors (Lipinski definition) is 2. The summed E-state index contributed by atoms with van der Waals surface area (Å²) < 4.78 is 0. The van der Waals surface area contributed by atoms with Crippen molar-refractivity contribution in [2.45, 2.75) is 32.1 Å². The summed E-state index contributed by atoms with van der Waals surface area (Å²) in [6.45, 7) is 0. The average molecular weight is 440 g/mol. The third-order valence-electron chi connectivity index (χ3n) is 6.49. The maximum absolute atomic E-state index is 13.0. The molecule has 1 amide bonds. The second-order valence-electron chi connectivity index (χ2n) is 9.01. The number of rotatable bonds is 5. The second kappa shape index (κ2) is 9.06. The van der Waals surface area contributed by atoms with E-state index in [4.69, 9.17) is 4.98 Å². The molecule has 1 aliphatic carbocycles.